The van der Waals surface area contributed by atoms with Gasteiger partial charge in [-0.2, -0.15) is 0 Å². The molecular formula is C38H46O10. The van der Waals surface area contributed by atoms with Crippen molar-refractivity contribution >= 4 is 24.1 Å². The molecule has 48 heavy (non-hydrogen) atoms. The van der Waals surface area contributed by atoms with E-state index in [0.717, 1.165) is 6.42 Å². The Morgan fingerprint density at radius 1 is 1.12 bits per heavy atom. The van der Waals surface area contributed by atoms with Crippen molar-refractivity contribution in [3.63, 3.8) is 0 Å². The molecule has 10 heteroatoms. The number of rotatable bonds is 10. The molecule has 0 radical (unpaired) electrons. The number of allylic oxidation sites excluding steroid dienone is 4. The number of Topliss-reactive ketones (excluding diaryl/α,β-unsaturated/α-hetero) is 2. The van der Waals surface area contributed by atoms with Crippen LogP contribution in [0.3, 0.4) is 0 Å². The zero-order valence-corrected chi connectivity index (χ0v) is 28.9. The van der Waals surface area contributed by atoms with Gasteiger partial charge in [-0.25, -0.2) is 0 Å². The Morgan fingerprint density at radius 3 is 2.48 bits per heavy atom. The summed E-state index contributed by atoms with van der Waals surface area (Å²) in [6, 6.07) is 0. The van der Waals surface area contributed by atoms with E-state index in [9.17, 15) is 29.7 Å². The quantitative estimate of drug-likeness (QED) is 0.168. The van der Waals surface area contributed by atoms with Gasteiger partial charge in [-0.1, -0.05) is 17.7 Å². The number of phenolic OH excluding ortho intramolecular Hbond substituents is 1. The van der Waals surface area contributed by atoms with E-state index in [1.54, 1.807) is 25.2 Å². The van der Waals surface area contributed by atoms with Crippen LogP contribution in [0.1, 0.15) is 103 Å². The van der Waals surface area contributed by atoms with Crippen LogP contribution in [-0.4, -0.2) is 67.5 Å². The van der Waals surface area contributed by atoms with E-state index >= 15 is 0 Å². The zero-order chi connectivity index (χ0) is 35.2. The fraction of sp³-hybridized carbons (Fsp3) is 0.553. The third-order valence-corrected chi connectivity index (χ3v) is 10.9. The summed E-state index contributed by atoms with van der Waals surface area (Å²) in [4.78, 5) is 40.2. The lowest BCUT2D eigenvalue weighted by Crippen LogP contribution is -2.72. The number of aromatic hydroxyl groups is 1. The van der Waals surface area contributed by atoms with Crippen molar-refractivity contribution < 1.29 is 48.7 Å². The van der Waals surface area contributed by atoms with Gasteiger partial charge in [0.1, 0.15) is 34.2 Å². The maximum atomic E-state index is 14.8. The molecule has 3 aliphatic heterocycles. The Kier molecular flexibility index (Phi) is 7.93. The lowest BCUT2D eigenvalue weighted by molar-refractivity contribution is -0.171. The van der Waals surface area contributed by atoms with E-state index in [1.165, 1.54) is 19.4 Å². The van der Waals surface area contributed by atoms with E-state index in [4.69, 9.17) is 18.9 Å². The number of fused-ring (bicyclic) bond motifs is 2. The first-order valence-electron chi connectivity index (χ1n) is 16.6. The molecule has 1 saturated heterocycles. The number of hydrogen-bond donors (Lipinski definition) is 3. The second-order valence-electron chi connectivity index (χ2n) is 15.5. The number of ether oxygens (including phenoxy) is 4. The second-order valence-corrected chi connectivity index (χ2v) is 15.5. The number of carbonyl (C=O) groups is 3. The molecule has 0 aromatic heterocycles. The molecule has 3 unspecified atom stereocenters. The number of aliphatic hydroxyl groups excluding tert-OH is 1. The summed E-state index contributed by atoms with van der Waals surface area (Å²) >= 11 is 0. The molecule has 1 saturated carbocycles. The Balaban J connectivity index is 1.59. The summed E-state index contributed by atoms with van der Waals surface area (Å²) in [7, 11) is 0. The summed E-state index contributed by atoms with van der Waals surface area (Å²) < 4.78 is 25.5. The Hall–Kier alpha value is -3.73. The van der Waals surface area contributed by atoms with Crippen molar-refractivity contribution in [1.29, 1.82) is 0 Å². The number of hydrogen-bond acceptors (Lipinski definition) is 10. The van der Waals surface area contributed by atoms with Crippen LogP contribution in [0.15, 0.2) is 41.2 Å². The molecule has 1 aromatic carbocycles. The van der Waals surface area contributed by atoms with Gasteiger partial charge < -0.3 is 34.3 Å². The topological polar surface area (TPSA) is 149 Å². The van der Waals surface area contributed by atoms with Crippen LogP contribution in [0.5, 0.6) is 17.2 Å². The fourth-order valence-electron chi connectivity index (χ4n) is 8.34. The van der Waals surface area contributed by atoms with Crippen LogP contribution in [0.2, 0.25) is 0 Å². The number of ketones is 2. The van der Waals surface area contributed by atoms with Crippen LogP contribution in [0.25, 0.3) is 6.08 Å². The predicted molar refractivity (Wildman–Crippen MR) is 177 cm³/mol. The van der Waals surface area contributed by atoms with E-state index < -0.39 is 51.7 Å². The molecule has 2 fully saturated rings. The van der Waals surface area contributed by atoms with Crippen molar-refractivity contribution in [2.75, 3.05) is 0 Å². The van der Waals surface area contributed by atoms with Gasteiger partial charge in [0.2, 0.25) is 0 Å². The first-order chi connectivity index (χ1) is 22.3. The van der Waals surface area contributed by atoms with Crippen LogP contribution in [0, 0.1) is 11.8 Å². The molecule has 1 spiro atoms. The summed E-state index contributed by atoms with van der Waals surface area (Å²) in [5, 5.41) is 33.9. The third kappa shape index (κ3) is 4.90. The van der Waals surface area contributed by atoms with Crippen LogP contribution < -0.4 is 9.47 Å². The largest absolute Gasteiger partial charge is 0.506 e. The summed E-state index contributed by atoms with van der Waals surface area (Å²) in [5.74, 6) is -1.65. The molecular weight excluding hydrogens is 616 g/mol. The molecule has 6 atom stereocenters. The monoisotopic (exact) mass is 662 g/mol. The van der Waals surface area contributed by atoms with E-state index in [0.29, 0.717) is 24.9 Å². The van der Waals surface area contributed by atoms with Crippen molar-refractivity contribution in [2.24, 2.45) is 11.8 Å². The van der Waals surface area contributed by atoms with Crippen LogP contribution in [-0.2, 0) is 25.5 Å². The molecule has 258 valence electrons. The van der Waals surface area contributed by atoms with E-state index in [-0.39, 0.29) is 58.3 Å². The molecule has 7 rings (SSSR count). The Labute approximate surface area is 281 Å². The number of phenols is 1. The molecule has 1 aromatic rings. The molecule has 3 aliphatic carbocycles. The Bertz CT molecular complexity index is 1720. The minimum atomic E-state index is -1.66. The van der Waals surface area contributed by atoms with Crippen molar-refractivity contribution in [1.82, 2.24) is 0 Å². The maximum Gasteiger partial charge on any atom is 0.298 e. The zero-order valence-electron chi connectivity index (χ0n) is 28.9. The normalized spacial score (nSPS) is 31.5. The van der Waals surface area contributed by atoms with Gasteiger partial charge in [0.15, 0.2) is 22.8 Å². The third-order valence-electron chi connectivity index (χ3n) is 10.9. The standard InChI is InChI=1S/C38H46O10/c1-20(2)10-9-13-36(8)14-12-23-29(41)28-30(42)25-16-22-17-26-35(6,7)48-37(33(22)43,15-11-21(3)45-19-39)38(25,26)47-32(28)24(31(23)46-36)18-27(40)34(4,5)44/h10-12,14,16,19,22,26-27,40-41,44H,9,13,15,17-18H2,1-8H3/b21-11-/t22?,26?,27?,36-,37+,38+/m0/s1. The van der Waals surface area contributed by atoms with Gasteiger partial charge in [0, 0.05) is 35.8 Å². The molecule has 4 bridgehead atoms. The van der Waals surface area contributed by atoms with Gasteiger partial charge in [0.25, 0.3) is 6.47 Å². The maximum absolute atomic E-state index is 14.8. The van der Waals surface area contributed by atoms with Gasteiger partial charge in [-0.3, -0.25) is 14.4 Å². The highest BCUT2D eigenvalue weighted by molar-refractivity contribution is 6.19. The first kappa shape index (κ1) is 34.1. The van der Waals surface area contributed by atoms with Crippen LogP contribution in [0.4, 0.5) is 0 Å². The summed E-state index contributed by atoms with van der Waals surface area (Å²) in [6.07, 6.45) is 9.12. The molecule has 3 N–H and O–H groups in total. The van der Waals surface area contributed by atoms with Gasteiger partial charge in [-0.15, -0.1) is 0 Å². The average molecular weight is 663 g/mol. The van der Waals surface area contributed by atoms with Gasteiger partial charge in [-0.05, 0) is 92.9 Å². The highest BCUT2D eigenvalue weighted by atomic mass is 16.6. The average Bonchev–Trinajstić information content (AvgIpc) is 3.14. The highest BCUT2D eigenvalue weighted by Gasteiger charge is 2.81. The minimum Gasteiger partial charge on any atom is -0.506 e. The Morgan fingerprint density at radius 2 is 1.83 bits per heavy atom. The number of benzene rings is 1. The van der Waals surface area contributed by atoms with Crippen molar-refractivity contribution in [3.8, 4) is 17.2 Å². The number of carbonyl (C=O) groups excluding carboxylic acids is 3. The SMILES string of the molecule is CC(C)=CCC[C@@]1(C)C=Cc2c(O)c3c(c(CC(O)C(C)(C)O)c2O1)O[C@]12C(=CC4CC1C(C)(C)O[C@]2(C/C=C(/C)OC=O)C4=O)C3=O. The molecule has 0 amide bonds. The minimum absolute atomic E-state index is 0.00711. The lowest BCUT2D eigenvalue weighted by Gasteiger charge is -2.56. The summed E-state index contributed by atoms with van der Waals surface area (Å²) in [5.41, 5.74) is -4.63. The molecule has 3 heterocycles. The second kappa shape index (κ2) is 11.1. The molecule has 6 aliphatic rings. The van der Waals surface area contributed by atoms with Crippen LogP contribution >= 0.6 is 0 Å². The highest BCUT2D eigenvalue weighted by Crippen LogP contribution is 2.68. The molecule has 10 nitrogen and oxygen atoms in total. The fourth-order valence-corrected chi connectivity index (χ4v) is 8.34. The van der Waals surface area contributed by atoms with Gasteiger partial charge >= 0.3 is 0 Å². The van der Waals surface area contributed by atoms with Gasteiger partial charge in [0.05, 0.1) is 22.9 Å². The predicted octanol–water partition coefficient (Wildman–Crippen LogP) is 5.45. The smallest absolute Gasteiger partial charge is 0.298 e. The van der Waals surface area contributed by atoms with Crippen molar-refractivity contribution in [2.45, 2.75) is 122 Å². The number of aliphatic hydroxyl groups is 2. The lowest BCUT2D eigenvalue weighted by atomic mass is 9.51. The summed E-state index contributed by atoms with van der Waals surface area (Å²) in [6.45, 7) is 14.6. The van der Waals surface area contributed by atoms with E-state index in [1.807, 2.05) is 40.7 Å². The van der Waals surface area contributed by atoms with Crippen molar-refractivity contribution in [3.05, 3.63) is 57.9 Å². The first-order valence-corrected chi connectivity index (χ1v) is 16.6. The van der Waals surface area contributed by atoms with E-state index in [2.05, 4.69) is 6.08 Å².